The van der Waals surface area contributed by atoms with Crippen molar-refractivity contribution >= 4 is 22.6 Å². The van der Waals surface area contributed by atoms with Crippen LogP contribution < -0.4 is 0 Å². The Bertz CT molecular complexity index is 736. The smallest absolute Gasteiger partial charge is 0.123 e. The molecule has 0 radical (unpaired) electrons. The monoisotopic (exact) mass is 259 g/mol. The van der Waals surface area contributed by atoms with Crippen LogP contribution in [0.15, 0.2) is 30.3 Å². The zero-order valence-electron chi connectivity index (χ0n) is 9.61. The van der Waals surface area contributed by atoms with Gasteiger partial charge in [-0.15, -0.1) is 0 Å². The molecule has 0 spiro atoms. The van der Waals surface area contributed by atoms with E-state index >= 15 is 0 Å². The van der Waals surface area contributed by atoms with E-state index in [1.165, 1.54) is 0 Å². The van der Waals surface area contributed by atoms with Crippen molar-refractivity contribution in [2.24, 2.45) is 0 Å². The van der Waals surface area contributed by atoms with Gasteiger partial charge in [-0.25, -0.2) is 0 Å². The molecule has 0 atom stereocenters. The molecular formula is C13H10ClN3O. The number of rotatable bonds is 1. The number of nitrogens with zero attached hydrogens (tertiary/aromatic N) is 2. The van der Waals surface area contributed by atoms with Crippen molar-refractivity contribution in [3.05, 3.63) is 40.9 Å². The van der Waals surface area contributed by atoms with E-state index in [-0.39, 0.29) is 5.75 Å². The minimum atomic E-state index is 0.175. The van der Waals surface area contributed by atoms with Crippen LogP contribution in [0, 0.1) is 6.92 Å². The van der Waals surface area contributed by atoms with Crippen molar-refractivity contribution in [3.8, 4) is 16.9 Å². The second-order valence-electron chi connectivity index (χ2n) is 4.09. The molecule has 0 fully saturated rings. The fraction of sp³-hybridized carbons (Fsp3) is 0.0769. The number of hydrogen-bond acceptors (Lipinski definition) is 3. The van der Waals surface area contributed by atoms with Crippen LogP contribution >= 0.6 is 11.6 Å². The highest BCUT2D eigenvalue weighted by Gasteiger charge is 2.16. The average Bonchev–Trinajstić information content (AvgIpc) is 2.80. The number of aromatic hydroxyl groups is 1. The second kappa shape index (κ2) is 3.99. The van der Waals surface area contributed by atoms with Gasteiger partial charge in [-0.1, -0.05) is 29.8 Å². The summed E-state index contributed by atoms with van der Waals surface area (Å²) in [7, 11) is 0. The molecule has 4 nitrogen and oxygen atoms in total. The SMILES string of the molecule is Cc1cc2n[nH]nc2c(-c2ccccc2O)c1Cl. The largest absolute Gasteiger partial charge is 0.507 e. The lowest BCUT2D eigenvalue weighted by atomic mass is 10.0. The van der Waals surface area contributed by atoms with Gasteiger partial charge in [0.1, 0.15) is 16.8 Å². The Kier molecular flexibility index (Phi) is 2.45. The molecule has 0 saturated heterocycles. The quantitative estimate of drug-likeness (QED) is 0.705. The average molecular weight is 260 g/mol. The summed E-state index contributed by atoms with van der Waals surface area (Å²) in [6.45, 7) is 1.90. The predicted molar refractivity (Wildman–Crippen MR) is 70.7 cm³/mol. The van der Waals surface area contributed by atoms with E-state index in [0.29, 0.717) is 21.7 Å². The molecule has 0 aliphatic rings. The van der Waals surface area contributed by atoms with E-state index in [4.69, 9.17) is 11.6 Å². The maximum atomic E-state index is 9.96. The summed E-state index contributed by atoms with van der Waals surface area (Å²) < 4.78 is 0. The summed E-state index contributed by atoms with van der Waals surface area (Å²) in [5.74, 6) is 0.175. The molecule has 90 valence electrons. The van der Waals surface area contributed by atoms with Crippen LogP contribution in [0.3, 0.4) is 0 Å². The third-order valence-electron chi connectivity index (χ3n) is 2.90. The maximum Gasteiger partial charge on any atom is 0.123 e. The van der Waals surface area contributed by atoms with Crippen LogP contribution in [0.5, 0.6) is 5.75 Å². The Labute approximate surface area is 108 Å². The van der Waals surface area contributed by atoms with Crippen molar-refractivity contribution in [1.29, 1.82) is 0 Å². The van der Waals surface area contributed by atoms with Crippen molar-refractivity contribution in [3.63, 3.8) is 0 Å². The molecule has 5 heteroatoms. The number of para-hydroxylation sites is 1. The number of phenolic OH excluding ortho intramolecular Hbond substituents is 1. The summed E-state index contributed by atoms with van der Waals surface area (Å²) in [5.41, 5.74) is 3.65. The molecule has 1 heterocycles. The molecule has 2 aromatic carbocycles. The summed E-state index contributed by atoms with van der Waals surface area (Å²) in [5, 5.41) is 21.3. The van der Waals surface area contributed by atoms with Gasteiger partial charge in [0, 0.05) is 11.1 Å². The van der Waals surface area contributed by atoms with E-state index < -0.39 is 0 Å². The number of halogens is 1. The first-order valence-electron chi connectivity index (χ1n) is 5.46. The zero-order chi connectivity index (χ0) is 12.7. The molecule has 0 saturated carbocycles. The minimum absolute atomic E-state index is 0.175. The lowest BCUT2D eigenvalue weighted by Gasteiger charge is -2.09. The standard InChI is InChI=1S/C13H10ClN3O/c1-7-6-9-13(16-17-15-9)11(12(7)14)8-4-2-3-5-10(8)18/h2-6,18H,1H3,(H,15,16,17). The number of aryl methyl sites for hydroxylation is 1. The molecule has 3 aromatic rings. The number of aromatic nitrogens is 3. The van der Waals surface area contributed by atoms with Crippen molar-refractivity contribution in [2.45, 2.75) is 6.92 Å². The van der Waals surface area contributed by atoms with Gasteiger partial charge < -0.3 is 5.11 Å². The number of nitrogens with one attached hydrogen (secondary N) is 1. The molecular weight excluding hydrogens is 250 g/mol. The van der Waals surface area contributed by atoms with Crippen LogP contribution in [0.25, 0.3) is 22.2 Å². The number of benzene rings is 2. The third kappa shape index (κ3) is 1.54. The third-order valence-corrected chi connectivity index (χ3v) is 3.39. The predicted octanol–water partition coefficient (Wildman–Crippen LogP) is 3.29. The highest BCUT2D eigenvalue weighted by Crippen LogP contribution is 2.39. The molecule has 0 unspecified atom stereocenters. The molecule has 0 amide bonds. The van der Waals surface area contributed by atoms with Crippen LogP contribution in [0.1, 0.15) is 5.56 Å². The van der Waals surface area contributed by atoms with Gasteiger partial charge in [-0.3, -0.25) is 0 Å². The maximum absolute atomic E-state index is 9.96. The molecule has 0 aliphatic carbocycles. The van der Waals surface area contributed by atoms with Gasteiger partial charge in [-0.05, 0) is 24.6 Å². The topological polar surface area (TPSA) is 61.8 Å². The first-order chi connectivity index (χ1) is 8.68. The van der Waals surface area contributed by atoms with Crippen LogP contribution in [-0.2, 0) is 0 Å². The van der Waals surface area contributed by atoms with Crippen molar-refractivity contribution in [2.75, 3.05) is 0 Å². The van der Waals surface area contributed by atoms with E-state index in [0.717, 1.165) is 11.1 Å². The Morgan fingerprint density at radius 3 is 2.78 bits per heavy atom. The van der Waals surface area contributed by atoms with Gasteiger partial charge in [0.2, 0.25) is 0 Å². The Hall–Kier alpha value is -2.07. The van der Waals surface area contributed by atoms with Crippen LogP contribution in [0.4, 0.5) is 0 Å². The Morgan fingerprint density at radius 1 is 1.22 bits per heavy atom. The fourth-order valence-electron chi connectivity index (χ4n) is 2.02. The lowest BCUT2D eigenvalue weighted by molar-refractivity contribution is 0.477. The number of H-pyrrole nitrogens is 1. The molecule has 3 rings (SSSR count). The van der Waals surface area contributed by atoms with E-state index in [1.54, 1.807) is 12.1 Å². The number of hydrogen-bond donors (Lipinski definition) is 2. The summed E-state index contributed by atoms with van der Waals surface area (Å²) in [6, 6.07) is 8.91. The van der Waals surface area contributed by atoms with Crippen molar-refractivity contribution < 1.29 is 5.11 Å². The van der Waals surface area contributed by atoms with Gasteiger partial charge in [-0.2, -0.15) is 15.4 Å². The first-order valence-corrected chi connectivity index (χ1v) is 5.84. The highest BCUT2D eigenvalue weighted by atomic mass is 35.5. The first kappa shape index (κ1) is 11.0. The highest BCUT2D eigenvalue weighted by molar-refractivity contribution is 6.35. The Morgan fingerprint density at radius 2 is 2.00 bits per heavy atom. The summed E-state index contributed by atoms with van der Waals surface area (Å²) in [4.78, 5) is 0. The number of fused-ring (bicyclic) bond motifs is 1. The summed E-state index contributed by atoms with van der Waals surface area (Å²) in [6.07, 6.45) is 0. The minimum Gasteiger partial charge on any atom is -0.507 e. The van der Waals surface area contributed by atoms with Gasteiger partial charge in [0.05, 0.1) is 5.02 Å². The van der Waals surface area contributed by atoms with Crippen molar-refractivity contribution in [1.82, 2.24) is 15.4 Å². The normalized spacial score (nSPS) is 11.0. The van der Waals surface area contributed by atoms with E-state index in [2.05, 4.69) is 15.4 Å². The van der Waals surface area contributed by atoms with Gasteiger partial charge >= 0.3 is 0 Å². The molecule has 1 aromatic heterocycles. The second-order valence-corrected chi connectivity index (χ2v) is 4.47. The molecule has 2 N–H and O–H groups in total. The van der Waals surface area contributed by atoms with Gasteiger partial charge in [0.25, 0.3) is 0 Å². The fourth-order valence-corrected chi connectivity index (χ4v) is 2.27. The van der Waals surface area contributed by atoms with Gasteiger partial charge in [0.15, 0.2) is 0 Å². The number of aromatic amines is 1. The van der Waals surface area contributed by atoms with Crippen LogP contribution in [-0.4, -0.2) is 20.5 Å². The molecule has 18 heavy (non-hydrogen) atoms. The van der Waals surface area contributed by atoms with E-state index in [1.807, 2.05) is 25.1 Å². The molecule has 0 bridgehead atoms. The summed E-state index contributed by atoms with van der Waals surface area (Å²) >= 11 is 6.34. The van der Waals surface area contributed by atoms with Crippen LogP contribution in [0.2, 0.25) is 5.02 Å². The van der Waals surface area contributed by atoms with E-state index in [9.17, 15) is 5.11 Å². The zero-order valence-corrected chi connectivity index (χ0v) is 10.4. The Balaban J connectivity index is 2.44. The lowest BCUT2D eigenvalue weighted by Crippen LogP contribution is -1.87. The molecule has 0 aliphatic heterocycles. The number of phenols is 1.